The minimum atomic E-state index is -0.733. The number of furan rings is 1. The molecule has 0 bridgehead atoms. The van der Waals surface area contributed by atoms with E-state index in [1.54, 1.807) is 17.0 Å². The van der Waals surface area contributed by atoms with Gasteiger partial charge in [-0.15, -0.1) is 0 Å². The van der Waals surface area contributed by atoms with Crippen molar-refractivity contribution >= 4 is 6.03 Å². The highest BCUT2D eigenvalue weighted by Crippen LogP contribution is 2.23. The van der Waals surface area contributed by atoms with Crippen LogP contribution in [0.4, 0.5) is 4.79 Å². The fraction of sp³-hybridized carbons (Fsp3) is 0.722. The number of aliphatic hydroxyl groups excluding tert-OH is 1. The molecule has 1 aromatic rings. The number of carbonyl (C=O) groups excluding carboxylic acids is 1. The summed E-state index contributed by atoms with van der Waals surface area (Å²) in [5.41, 5.74) is 0.277. The van der Waals surface area contributed by atoms with Gasteiger partial charge in [-0.3, -0.25) is 0 Å². The van der Waals surface area contributed by atoms with Crippen LogP contribution in [0.25, 0.3) is 0 Å². The molecule has 2 atom stereocenters. The summed E-state index contributed by atoms with van der Waals surface area (Å²) in [5, 5.41) is 13.2. The number of rotatable bonds is 6. The molecular formula is C18H30N2O4. The van der Waals surface area contributed by atoms with Crippen molar-refractivity contribution in [3.63, 3.8) is 0 Å². The third-order valence-corrected chi connectivity index (χ3v) is 4.24. The van der Waals surface area contributed by atoms with Crippen molar-refractivity contribution in [1.82, 2.24) is 10.2 Å². The minimum absolute atomic E-state index is 0.0798. The van der Waals surface area contributed by atoms with Crippen LogP contribution >= 0.6 is 0 Å². The number of hydrogen-bond acceptors (Lipinski definition) is 4. The molecule has 0 aliphatic carbocycles. The number of amides is 2. The zero-order valence-corrected chi connectivity index (χ0v) is 15.0. The predicted octanol–water partition coefficient (Wildman–Crippen LogP) is 2.94. The fourth-order valence-corrected chi connectivity index (χ4v) is 2.89. The molecule has 2 rings (SSSR count). The molecule has 6 nitrogen and oxygen atoms in total. The first-order chi connectivity index (χ1) is 11.4. The van der Waals surface area contributed by atoms with Gasteiger partial charge in [0, 0.05) is 19.5 Å². The van der Waals surface area contributed by atoms with Crippen molar-refractivity contribution in [3.05, 3.63) is 24.2 Å². The third-order valence-electron chi connectivity index (χ3n) is 4.24. The van der Waals surface area contributed by atoms with Crippen LogP contribution in [0.1, 0.15) is 51.9 Å². The van der Waals surface area contributed by atoms with Crippen molar-refractivity contribution in [2.24, 2.45) is 5.41 Å². The second kappa shape index (κ2) is 8.53. The van der Waals surface area contributed by atoms with Gasteiger partial charge in [-0.1, -0.05) is 20.8 Å². The zero-order valence-electron chi connectivity index (χ0n) is 15.0. The highest BCUT2D eigenvalue weighted by atomic mass is 16.5. The van der Waals surface area contributed by atoms with E-state index in [4.69, 9.17) is 9.15 Å². The second-order valence-corrected chi connectivity index (χ2v) is 7.59. The minimum Gasteiger partial charge on any atom is -0.467 e. The first-order valence-electron chi connectivity index (χ1n) is 8.70. The van der Waals surface area contributed by atoms with E-state index in [2.05, 4.69) is 26.1 Å². The molecule has 0 radical (unpaired) electrons. The number of nitrogens with one attached hydrogen (secondary N) is 1. The lowest BCUT2D eigenvalue weighted by Crippen LogP contribution is -2.53. The zero-order chi connectivity index (χ0) is 17.6. The molecule has 0 saturated carbocycles. The number of carbonyl (C=O) groups is 1. The van der Waals surface area contributed by atoms with Gasteiger partial charge < -0.3 is 24.5 Å². The van der Waals surface area contributed by atoms with Crippen LogP contribution in [0.2, 0.25) is 0 Å². The van der Waals surface area contributed by atoms with Gasteiger partial charge in [-0.25, -0.2) is 4.79 Å². The quantitative estimate of drug-likeness (QED) is 0.782. The van der Waals surface area contributed by atoms with Crippen LogP contribution in [0.15, 0.2) is 22.8 Å². The third kappa shape index (κ3) is 5.83. The van der Waals surface area contributed by atoms with Crippen molar-refractivity contribution in [2.45, 2.75) is 52.2 Å². The number of nitrogens with zero attached hydrogens (tertiary/aromatic N) is 1. The smallest absolute Gasteiger partial charge is 0.317 e. The van der Waals surface area contributed by atoms with Crippen molar-refractivity contribution in [3.8, 4) is 0 Å². The van der Waals surface area contributed by atoms with Crippen molar-refractivity contribution in [1.29, 1.82) is 0 Å². The number of morpholine rings is 1. The van der Waals surface area contributed by atoms with Gasteiger partial charge >= 0.3 is 6.03 Å². The van der Waals surface area contributed by atoms with Gasteiger partial charge in [0.15, 0.2) is 0 Å². The van der Waals surface area contributed by atoms with E-state index in [1.165, 1.54) is 6.26 Å². The Morgan fingerprint density at radius 1 is 1.50 bits per heavy atom. The maximum atomic E-state index is 12.5. The predicted molar refractivity (Wildman–Crippen MR) is 91.7 cm³/mol. The monoisotopic (exact) mass is 338 g/mol. The van der Waals surface area contributed by atoms with Crippen molar-refractivity contribution in [2.75, 3.05) is 26.3 Å². The van der Waals surface area contributed by atoms with Crippen LogP contribution in [0, 0.1) is 5.41 Å². The summed E-state index contributed by atoms with van der Waals surface area (Å²) >= 11 is 0. The van der Waals surface area contributed by atoms with E-state index in [0.29, 0.717) is 38.5 Å². The van der Waals surface area contributed by atoms with Gasteiger partial charge in [0.2, 0.25) is 0 Å². The van der Waals surface area contributed by atoms with Crippen LogP contribution in [-0.4, -0.2) is 48.4 Å². The number of ether oxygens (including phenoxy) is 1. The van der Waals surface area contributed by atoms with Gasteiger partial charge in [-0.05, 0) is 30.4 Å². The average molecular weight is 338 g/mol. The Labute approximate surface area is 144 Å². The highest BCUT2D eigenvalue weighted by molar-refractivity contribution is 5.74. The summed E-state index contributed by atoms with van der Waals surface area (Å²) in [7, 11) is 0. The lowest BCUT2D eigenvalue weighted by Gasteiger charge is -2.36. The Morgan fingerprint density at radius 2 is 2.29 bits per heavy atom. The molecule has 2 heterocycles. The molecule has 24 heavy (non-hydrogen) atoms. The lowest BCUT2D eigenvalue weighted by atomic mass is 9.91. The van der Waals surface area contributed by atoms with Crippen LogP contribution < -0.4 is 5.32 Å². The summed E-state index contributed by atoms with van der Waals surface area (Å²) < 4.78 is 10.7. The van der Waals surface area contributed by atoms with E-state index < -0.39 is 6.10 Å². The second-order valence-electron chi connectivity index (χ2n) is 7.59. The van der Waals surface area contributed by atoms with Gasteiger partial charge in [0.05, 0.1) is 25.5 Å². The van der Waals surface area contributed by atoms with Crippen LogP contribution in [0.5, 0.6) is 0 Å². The van der Waals surface area contributed by atoms with E-state index in [0.717, 1.165) is 12.8 Å². The fourth-order valence-electron chi connectivity index (χ4n) is 2.89. The highest BCUT2D eigenvalue weighted by Gasteiger charge is 2.30. The standard InChI is InChI=1S/C18H30N2O4/c1-18(2,3)7-5-8-19-17(22)20-9-11-23-13-14(20)12-15(21)16-6-4-10-24-16/h4,6,10,14-15,21H,5,7-9,11-13H2,1-3H3,(H,19,22). The number of hydrogen-bond donors (Lipinski definition) is 2. The van der Waals surface area contributed by atoms with E-state index in [-0.39, 0.29) is 17.5 Å². The maximum absolute atomic E-state index is 12.5. The first kappa shape index (κ1) is 18.8. The van der Waals surface area contributed by atoms with Gasteiger partial charge in [0.25, 0.3) is 0 Å². The normalized spacial score (nSPS) is 20.0. The lowest BCUT2D eigenvalue weighted by molar-refractivity contribution is -0.00967. The van der Waals surface area contributed by atoms with Crippen LogP contribution in [0.3, 0.4) is 0 Å². The molecule has 2 amide bonds. The SMILES string of the molecule is CC(C)(C)CCCNC(=O)N1CCOCC1CC(O)c1ccco1. The molecule has 2 unspecified atom stereocenters. The Bertz CT molecular complexity index is 496. The van der Waals surface area contributed by atoms with E-state index >= 15 is 0 Å². The summed E-state index contributed by atoms with van der Waals surface area (Å²) in [6, 6.07) is 3.26. The molecular weight excluding hydrogens is 308 g/mol. The van der Waals surface area contributed by atoms with Gasteiger partial charge in [0.1, 0.15) is 11.9 Å². The molecule has 2 N–H and O–H groups in total. The molecule has 6 heteroatoms. The molecule has 1 aliphatic rings. The summed E-state index contributed by atoms with van der Waals surface area (Å²) in [6.07, 6.45) is 3.23. The summed E-state index contributed by atoms with van der Waals surface area (Å²) in [5.74, 6) is 0.520. The summed E-state index contributed by atoms with van der Waals surface area (Å²) in [6.45, 7) is 8.77. The molecule has 0 spiro atoms. The Hall–Kier alpha value is -1.53. The Morgan fingerprint density at radius 3 is 2.96 bits per heavy atom. The molecule has 1 aromatic heterocycles. The number of aliphatic hydroxyl groups is 1. The van der Waals surface area contributed by atoms with Crippen molar-refractivity contribution < 1.29 is 19.1 Å². The summed E-state index contributed by atoms with van der Waals surface area (Å²) in [4.78, 5) is 14.2. The molecule has 1 aliphatic heterocycles. The molecule has 1 saturated heterocycles. The largest absolute Gasteiger partial charge is 0.467 e. The molecule has 0 aromatic carbocycles. The topological polar surface area (TPSA) is 74.9 Å². The average Bonchev–Trinajstić information content (AvgIpc) is 3.05. The molecule has 136 valence electrons. The van der Waals surface area contributed by atoms with Crippen LogP contribution in [-0.2, 0) is 4.74 Å². The van der Waals surface area contributed by atoms with Gasteiger partial charge in [-0.2, -0.15) is 0 Å². The first-order valence-corrected chi connectivity index (χ1v) is 8.70. The molecule has 1 fully saturated rings. The van der Waals surface area contributed by atoms with E-state index in [9.17, 15) is 9.90 Å². The Kier molecular flexibility index (Phi) is 6.69. The Balaban J connectivity index is 1.83. The maximum Gasteiger partial charge on any atom is 0.317 e. The number of urea groups is 1. The van der Waals surface area contributed by atoms with E-state index in [1.807, 2.05) is 0 Å².